The molecule has 0 spiro atoms. The van der Waals surface area contributed by atoms with Crippen LogP contribution in [0.3, 0.4) is 0 Å². The van der Waals surface area contributed by atoms with Gasteiger partial charge in [-0.25, -0.2) is 4.99 Å². The molecule has 0 aliphatic carbocycles. The Bertz CT molecular complexity index is 1180. The Balaban J connectivity index is 1.58. The highest BCUT2D eigenvalue weighted by atomic mass is 16.2. The van der Waals surface area contributed by atoms with Crippen molar-refractivity contribution in [2.45, 2.75) is 12.8 Å². The summed E-state index contributed by atoms with van der Waals surface area (Å²) in [6.07, 6.45) is 5.41. The number of benzene rings is 1. The van der Waals surface area contributed by atoms with Gasteiger partial charge in [-0.3, -0.25) is 19.4 Å². The highest BCUT2D eigenvalue weighted by molar-refractivity contribution is 6.12. The van der Waals surface area contributed by atoms with Crippen LogP contribution in [-0.2, 0) is 16.1 Å². The van der Waals surface area contributed by atoms with Gasteiger partial charge in [-0.2, -0.15) is 5.26 Å². The fourth-order valence-electron chi connectivity index (χ4n) is 2.90. The van der Waals surface area contributed by atoms with E-state index in [2.05, 4.69) is 20.6 Å². The third kappa shape index (κ3) is 5.68. The van der Waals surface area contributed by atoms with Crippen molar-refractivity contribution in [3.8, 4) is 17.3 Å². The molecule has 1 aliphatic heterocycles. The van der Waals surface area contributed by atoms with Crippen molar-refractivity contribution in [3.05, 3.63) is 77.3 Å². The van der Waals surface area contributed by atoms with Crippen LogP contribution in [0.25, 0.3) is 11.3 Å². The molecule has 166 valence electrons. The van der Waals surface area contributed by atoms with E-state index in [1.165, 1.54) is 17.3 Å². The minimum absolute atomic E-state index is 0.0334. The minimum Gasteiger partial charge on any atom is -0.404 e. The maximum Gasteiger partial charge on any atom is 0.266 e. The van der Waals surface area contributed by atoms with E-state index in [1.54, 1.807) is 31.4 Å². The van der Waals surface area contributed by atoms with Gasteiger partial charge in [-0.15, -0.1) is 0 Å². The Kier molecular flexibility index (Phi) is 7.28. The third-order valence-electron chi connectivity index (χ3n) is 4.76. The molecule has 1 atom stereocenters. The molecule has 10 heteroatoms. The van der Waals surface area contributed by atoms with E-state index in [1.807, 2.05) is 24.3 Å². The molecule has 2 aromatic rings. The third-order valence-corrected chi connectivity index (χ3v) is 4.76. The highest BCUT2D eigenvalue weighted by Gasteiger charge is 2.23. The average molecular weight is 443 g/mol. The van der Waals surface area contributed by atoms with Crippen LogP contribution in [0.5, 0.6) is 0 Å². The Hall–Kier alpha value is -4.78. The Morgan fingerprint density at radius 3 is 2.70 bits per heavy atom. The summed E-state index contributed by atoms with van der Waals surface area (Å²) in [7, 11) is 1.64. The second kappa shape index (κ2) is 10.5. The SMILES string of the molecule is CN1C=C(C#N)C(=O)NC1/N=C/C(=C\N)C(=O)NCc1ccc(-c2ccc(C=O)cc2)nc1. The van der Waals surface area contributed by atoms with Crippen molar-refractivity contribution in [2.75, 3.05) is 7.05 Å². The van der Waals surface area contributed by atoms with Crippen LogP contribution in [0.1, 0.15) is 15.9 Å². The molecule has 1 aliphatic rings. The van der Waals surface area contributed by atoms with Gasteiger partial charge in [-0.05, 0) is 11.6 Å². The van der Waals surface area contributed by atoms with Crippen LogP contribution < -0.4 is 16.4 Å². The van der Waals surface area contributed by atoms with E-state index in [4.69, 9.17) is 11.0 Å². The van der Waals surface area contributed by atoms with Gasteiger partial charge in [0.25, 0.3) is 11.8 Å². The predicted octanol–water partition coefficient (Wildman–Crippen LogP) is 0.843. The van der Waals surface area contributed by atoms with E-state index in [9.17, 15) is 14.4 Å². The van der Waals surface area contributed by atoms with Crippen molar-refractivity contribution >= 4 is 24.3 Å². The molecule has 4 N–H and O–H groups in total. The molecule has 0 saturated heterocycles. The van der Waals surface area contributed by atoms with Crippen LogP contribution in [0.2, 0.25) is 0 Å². The number of aldehydes is 1. The number of pyridine rings is 1. The van der Waals surface area contributed by atoms with Crippen LogP contribution in [0, 0.1) is 11.3 Å². The van der Waals surface area contributed by atoms with Crippen molar-refractivity contribution in [1.82, 2.24) is 20.5 Å². The molecule has 33 heavy (non-hydrogen) atoms. The van der Waals surface area contributed by atoms with Gasteiger partial charge < -0.3 is 21.3 Å². The number of nitrogens with one attached hydrogen (secondary N) is 2. The number of hydrogen-bond donors (Lipinski definition) is 3. The fraction of sp³-hybridized carbons (Fsp3) is 0.130. The Labute approximate surface area is 190 Å². The Morgan fingerprint density at radius 2 is 2.09 bits per heavy atom. The zero-order chi connectivity index (χ0) is 23.8. The second-order valence-electron chi connectivity index (χ2n) is 7.04. The van der Waals surface area contributed by atoms with Crippen LogP contribution in [0.15, 0.2) is 71.1 Å². The molecule has 0 bridgehead atoms. The van der Waals surface area contributed by atoms with Crippen molar-refractivity contribution in [2.24, 2.45) is 10.7 Å². The number of nitrogens with zero attached hydrogens (tertiary/aromatic N) is 4. The number of nitrogens with two attached hydrogens (primary N) is 1. The average Bonchev–Trinajstić information content (AvgIpc) is 2.85. The lowest BCUT2D eigenvalue weighted by molar-refractivity contribution is -0.119. The first-order valence-corrected chi connectivity index (χ1v) is 9.83. The quantitative estimate of drug-likeness (QED) is 0.325. The first kappa shape index (κ1) is 22.9. The number of carbonyl (C=O) groups excluding carboxylic acids is 3. The van der Waals surface area contributed by atoms with E-state index >= 15 is 0 Å². The van der Waals surface area contributed by atoms with Crippen LogP contribution in [-0.4, -0.2) is 47.5 Å². The van der Waals surface area contributed by atoms with Gasteiger partial charge in [0, 0.05) is 49.5 Å². The van der Waals surface area contributed by atoms with Crippen LogP contribution >= 0.6 is 0 Å². The number of aliphatic imine (C=N–C) groups is 1. The summed E-state index contributed by atoms with van der Waals surface area (Å²) in [4.78, 5) is 45.1. The van der Waals surface area contributed by atoms with Gasteiger partial charge in [0.2, 0.25) is 0 Å². The van der Waals surface area contributed by atoms with Crippen molar-refractivity contribution in [1.29, 1.82) is 5.26 Å². The number of carbonyl (C=O) groups is 3. The monoisotopic (exact) mass is 443 g/mol. The standard InChI is InChI=1S/C23H21N7O3/c1-30-13-19(9-25)22(33)29-23(30)28-12-18(8-24)21(32)27-11-16-4-7-20(26-10-16)17-5-2-15(14-31)3-6-17/h2-8,10,12-14,23H,11,24H2,1H3,(H,27,32)(H,29,33)/b18-8+,28-12+. The topological polar surface area (TPSA) is 154 Å². The Morgan fingerprint density at radius 1 is 1.33 bits per heavy atom. The van der Waals surface area contributed by atoms with E-state index < -0.39 is 18.1 Å². The number of aromatic nitrogens is 1. The summed E-state index contributed by atoms with van der Waals surface area (Å²) >= 11 is 0. The minimum atomic E-state index is -0.769. The van der Waals surface area contributed by atoms with Crippen molar-refractivity contribution < 1.29 is 14.4 Å². The van der Waals surface area contributed by atoms with E-state index in [0.29, 0.717) is 5.56 Å². The smallest absolute Gasteiger partial charge is 0.266 e. The molecule has 2 amide bonds. The molecule has 1 aromatic carbocycles. The summed E-state index contributed by atoms with van der Waals surface area (Å²) < 4.78 is 0. The summed E-state index contributed by atoms with van der Waals surface area (Å²) in [6.45, 7) is 0.218. The lowest BCUT2D eigenvalue weighted by atomic mass is 10.1. The molecule has 1 unspecified atom stereocenters. The zero-order valence-corrected chi connectivity index (χ0v) is 17.7. The maximum atomic E-state index is 12.5. The molecule has 3 rings (SSSR count). The van der Waals surface area contributed by atoms with Crippen LogP contribution in [0.4, 0.5) is 0 Å². The molecule has 0 radical (unpaired) electrons. The number of rotatable bonds is 7. The highest BCUT2D eigenvalue weighted by Crippen LogP contribution is 2.17. The second-order valence-corrected chi connectivity index (χ2v) is 7.04. The summed E-state index contributed by atoms with van der Waals surface area (Å²) in [6, 6.07) is 12.5. The molecule has 0 fully saturated rings. The lowest BCUT2D eigenvalue weighted by Crippen LogP contribution is -2.47. The number of nitriles is 1. The normalized spacial score (nSPS) is 16.1. The fourth-order valence-corrected chi connectivity index (χ4v) is 2.90. The molecular weight excluding hydrogens is 422 g/mol. The number of hydrogen-bond acceptors (Lipinski definition) is 8. The van der Waals surface area contributed by atoms with Gasteiger partial charge >= 0.3 is 0 Å². The zero-order valence-electron chi connectivity index (χ0n) is 17.7. The first-order chi connectivity index (χ1) is 15.9. The van der Waals surface area contributed by atoms with Crippen molar-refractivity contribution in [3.63, 3.8) is 0 Å². The van der Waals surface area contributed by atoms with Gasteiger partial charge in [0.05, 0.1) is 11.3 Å². The maximum absolute atomic E-state index is 12.5. The molecule has 1 aromatic heterocycles. The van der Waals surface area contributed by atoms with Gasteiger partial charge in [-0.1, -0.05) is 30.3 Å². The molecule has 0 saturated carbocycles. The number of amides is 2. The summed E-state index contributed by atoms with van der Waals surface area (Å²) in [5, 5.41) is 14.2. The molecule has 2 heterocycles. The largest absolute Gasteiger partial charge is 0.404 e. The van der Waals surface area contributed by atoms with E-state index in [-0.39, 0.29) is 17.7 Å². The molecule has 10 nitrogen and oxygen atoms in total. The molecular formula is C23H21N7O3. The lowest BCUT2D eigenvalue weighted by Gasteiger charge is -2.28. The van der Waals surface area contributed by atoms with E-state index in [0.717, 1.165) is 29.3 Å². The first-order valence-electron chi connectivity index (χ1n) is 9.83. The summed E-state index contributed by atoms with van der Waals surface area (Å²) in [5.41, 5.74) is 8.61. The van der Waals surface area contributed by atoms with Gasteiger partial charge in [0.1, 0.15) is 17.9 Å². The predicted molar refractivity (Wildman–Crippen MR) is 121 cm³/mol. The summed E-state index contributed by atoms with van der Waals surface area (Å²) in [5.74, 6) is -0.996. The van der Waals surface area contributed by atoms with Gasteiger partial charge in [0.15, 0.2) is 6.29 Å².